The fourth-order valence-corrected chi connectivity index (χ4v) is 3.72. The quantitative estimate of drug-likeness (QED) is 0.572. The maximum absolute atomic E-state index is 13.2. The van der Waals surface area contributed by atoms with Gasteiger partial charge in [-0.3, -0.25) is 4.90 Å². The van der Waals surface area contributed by atoms with Crippen LogP contribution in [-0.2, 0) is 11.3 Å². The van der Waals surface area contributed by atoms with Gasteiger partial charge in [-0.25, -0.2) is 9.18 Å². The Morgan fingerprint density at radius 2 is 1.86 bits per heavy atom. The molecular formula is C23H26ClFN2O2. The number of hydrogen-bond acceptors (Lipinski definition) is 4. The highest BCUT2D eigenvalue weighted by molar-refractivity contribution is 6.30. The standard InChI is InChI=1S/C23H26ClFN2O2/c1-2-3-4-22-23(16-28)27(17-29-21-11-7-19(24)8-12-21)14-13-26(22)15-18-5-9-20(25)10-6-18/h5-12,22H,2-4,13-15,17H2,1H3/t22-/m0/s1. The van der Waals surface area contributed by atoms with E-state index in [4.69, 9.17) is 16.3 Å². The van der Waals surface area contributed by atoms with Gasteiger partial charge in [-0.2, -0.15) is 0 Å². The predicted molar refractivity (Wildman–Crippen MR) is 113 cm³/mol. The van der Waals surface area contributed by atoms with Crippen LogP contribution < -0.4 is 4.74 Å². The Hall–Kier alpha value is -2.33. The molecule has 2 aromatic carbocycles. The van der Waals surface area contributed by atoms with Crippen molar-refractivity contribution in [3.05, 3.63) is 70.6 Å². The van der Waals surface area contributed by atoms with Crippen molar-refractivity contribution >= 4 is 17.5 Å². The van der Waals surface area contributed by atoms with Crippen LogP contribution in [0.15, 0.2) is 54.2 Å². The van der Waals surface area contributed by atoms with Gasteiger partial charge >= 0.3 is 0 Å². The zero-order valence-corrected chi connectivity index (χ0v) is 17.4. The molecule has 1 fully saturated rings. The summed E-state index contributed by atoms with van der Waals surface area (Å²) >= 11 is 5.92. The molecule has 0 radical (unpaired) electrons. The molecule has 3 rings (SSSR count). The van der Waals surface area contributed by atoms with E-state index in [9.17, 15) is 9.18 Å². The first-order chi connectivity index (χ1) is 14.1. The van der Waals surface area contributed by atoms with Crippen molar-refractivity contribution in [3.63, 3.8) is 0 Å². The average Bonchev–Trinajstić information content (AvgIpc) is 2.74. The highest BCUT2D eigenvalue weighted by Gasteiger charge is 2.32. The van der Waals surface area contributed by atoms with E-state index in [0.717, 1.165) is 31.4 Å². The molecule has 0 N–H and O–H groups in total. The third kappa shape index (κ3) is 5.83. The van der Waals surface area contributed by atoms with Crippen molar-refractivity contribution in [2.75, 3.05) is 19.8 Å². The van der Waals surface area contributed by atoms with E-state index in [0.29, 0.717) is 36.3 Å². The number of halogens is 2. The zero-order chi connectivity index (χ0) is 20.6. The topological polar surface area (TPSA) is 32.8 Å². The van der Waals surface area contributed by atoms with E-state index >= 15 is 0 Å². The molecule has 0 unspecified atom stereocenters. The number of hydrogen-bond donors (Lipinski definition) is 0. The van der Waals surface area contributed by atoms with Crippen LogP contribution in [0.2, 0.25) is 5.02 Å². The number of ether oxygens (including phenoxy) is 1. The van der Waals surface area contributed by atoms with Gasteiger partial charge in [0.2, 0.25) is 0 Å². The number of carbonyl (C=O) groups excluding carboxylic acids is 1. The second-order valence-electron chi connectivity index (χ2n) is 7.23. The lowest BCUT2D eigenvalue weighted by molar-refractivity contribution is 0.0634. The third-order valence-corrected chi connectivity index (χ3v) is 5.44. The third-order valence-electron chi connectivity index (χ3n) is 5.19. The first-order valence-electron chi connectivity index (χ1n) is 9.97. The first-order valence-corrected chi connectivity index (χ1v) is 10.3. The molecule has 6 heteroatoms. The summed E-state index contributed by atoms with van der Waals surface area (Å²) in [4.78, 5) is 16.1. The molecule has 0 amide bonds. The van der Waals surface area contributed by atoms with Gasteiger partial charge in [-0.05, 0) is 48.4 Å². The van der Waals surface area contributed by atoms with Crippen LogP contribution >= 0.6 is 11.6 Å². The molecule has 154 valence electrons. The van der Waals surface area contributed by atoms with Crippen molar-refractivity contribution in [3.8, 4) is 5.75 Å². The Kier molecular flexibility index (Phi) is 7.70. The Labute approximate surface area is 176 Å². The Morgan fingerprint density at radius 1 is 1.14 bits per heavy atom. The van der Waals surface area contributed by atoms with Gasteiger partial charge in [-0.15, -0.1) is 0 Å². The van der Waals surface area contributed by atoms with Gasteiger partial charge in [0, 0.05) is 24.7 Å². The lowest BCUT2D eigenvalue weighted by Crippen LogP contribution is -2.52. The molecule has 29 heavy (non-hydrogen) atoms. The molecule has 0 bridgehead atoms. The Bertz CT molecular complexity index is 835. The van der Waals surface area contributed by atoms with Crippen LogP contribution in [0, 0.1) is 5.82 Å². The predicted octanol–water partition coefficient (Wildman–Crippen LogP) is 4.91. The van der Waals surface area contributed by atoms with Crippen LogP contribution in [0.25, 0.3) is 0 Å². The van der Waals surface area contributed by atoms with Crippen LogP contribution in [0.3, 0.4) is 0 Å². The molecule has 2 aromatic rings. The normalized spacial score (nSPS) is 17.3. The molecule has 0 aromatic heterocycles. The number of rotatable bonds is 8. The van der Waals surface area contributed by atoms with Gasteiger partial charge < -0.3 is 9.64 Å². The fourth-order valence-electron chi connectivity index (χ4n) is 3.59. The average molecular weight is 417 g/mol. The van der Waals surface area contributed by atoms with Gasteiger partial charge in [0.1, 0.15) is 23.2 Å². The number of piperazine rings is 1. The van der Waals surface area contributed by atoms with E-state index in [2.05, 4.69) is 17.8 Å². The van der Waals surface area contributed by atoms with Crippen LogP contribution in [0.5, 0.6) is 5.75 Å². The largest absolute Gasteiger partial charge is 0.473 e. The first kappa shape index (κ1) is 21.4. The lowest BCUT2D eigenvalue weighted by atomic mass is 10.0. The van der Waals surface area contributed by atoms with E-state index in [-0.39, 0.29) is 11.9 Å². The zero-order valence-electron chi connectivity index (χ0n) is 16.6. The molecule has 1 saturated heterocycles. The summed E-state index contributed by atoms with van der Waals surface area (Å²) < 4.78 is 19.1. The molecule has 0 saturated carbocycles. The minimum atomic E-state index is -0.242. The van der Waals surface area contributed by atoms with Crippen LogP contribution in [-0.4, -0.2) is 41.6 Å². The van der Waals surface area contributed by atoms with E-state index in [1.807, 2.05) is 17.0 Å². The molecule has 4 nitrogen and oxygen atoms in total. The fraction of sp³-hybridized carbons (Fsp3) is 0.391. The second-order valence-corrected chi connectivity index (χ2v) is 7.67. The summed E-state index contributed by atoms with van der Waals surface area (Å²) in [5.41, 5.74) is 1.66. The summed E-state index contributed by atoms with van der Waals surface area (Å²) in [6, 6.07) is 13.7. The summed E-state index contributed by atoms with van der Waals surface area (Å²) in [5, 5.41) is 0.653. The number of unbranched alkanes of at least 4 members (excludes halogenated alkanes) is 1. The maximum Gasteiger partial charge on any atom is 0.161 e. The van der Waals surface area contributed by atoms with Crippen molar-refractivity contribution in [2.24, 2.45) is 0 Å². The minimum absolute atomic E-state index is 0.0277. The second kappa shape index (κ2) is 10.4. The van der Waals surface area contributed by atoms with Crippen LogP contribution in [0.1, 0.15) is 31.7 Å². The van der Waals surface area contributed by atoms with Crippen molar-refractivity contribution in [1.82, 2.24) is 9.80 Å². The minimum Gasteiger partial charge on any atom is -0.473 e. The van der Waals surface area contributed by atoms with Crippen LogP contribution in [0.4, 0.5) is 4.39 Å². The molecular weight excluding hydrogens is 391 g/mol. The van der Waals surface area contributed by atoms with Gasteiger partial charge in [0.25, 0.3) is 0 Å². The summed E-state index contributed by atoms with van der Waals surface area (Å²) in [6.45, 7) is 4.56. The molecule has 1 atom stereocenters. The number of nitrogens with zero attached hydrogens (tertiary/aromatic N) is 2. The molecule has 0 aliphatic carbocycles. The van der Waals surface area contributed by atoms with Crippen molar-refractivity contribution in [1.29, 1.82) is 0 Å². The highest BCUT2D eigenvalue weighted by Crippen LogP contribution is 2.26. The number of benzene rings is 2. The van der Waals surface area contributed by atoms with E-state index in [1.165, 1.54) is 12.1 Å². The lowest BCUT2D eigenvalue weighted by Gasteiger charge is -2.42. The van der Waals surface area contributed by atoms with Crippen molar-refractivity contribution < 1.29 is 13.9 Å². The molecule has 1 aliphatic heterocycles. The van der Waals surface area contributed by atoms with Crippen molar-refractivity contribution in [2.45, 2.75) is 38.8 Å². The summed E-state index contributed by atoms with van der Waals surface area (Å²) in [6.07, 6.45) is 2.94. The highest BCUT2D eigenvalue weighted by atomic mass is 35.5. The van der Waals surface area contributed by atoms with Gasteiger partial charge in [-0.1, -0.05) is 43.5 Å². The molecule has 1 heterocycles. The molecule has 0 spiro atoms. The molecule has 1 aliphatic rings. The Morgan fingerprint density at radius 3 is 2.52 bits per heavy atom. The van der Waals surface area contributed by atoms with Gasteiger partial charge in [0.05, 0.1) is 6.04 Å². The summed E-state index contributed by atoms with van der Waals surface area (Å²) in [7, 11) is 0. The van der Waals surface area contributed by atoms with Gasteiger partial charge in [0.15, 0.2) is 6.73 Å². The SMILES string of the molecule is CCCC[C@H]1C(=C=O)N(COc2ccc(Cl)cc2)CCN1Cc1ccc(F)cc1. The smallest absolute Gasteiger partial charge is 0.161 e. The van der Waals surface area contributed by atoms with E-state index < -0.39 is 0 Å². The maximum atomic E-state index is 13.2. The Balaban J connectivity index is 1.70. The van der Waals surface area contributed by atoms with E-state index in [1.54, 1.807) is 24.3 Å². The monoisotopic (exact) mass is 416 g/mol. The summed E-state index contributed by atoms with van der Waals surface area (Å²) in [5.74, 6) is 2.64.